The minimum absolute atomic E-state index is 0.425. The zero-order chi connectivity index (χ0) is 14.4. The molecule has 2 heteroatoms. The SMILES string of the molecule is Cc1cc(C)c(C)c(C(O)(CN(C)C)C2CC2)c1C. The first-order valence-electron chi connectivity index (χ1n) is 7.22. The van der Waals surface area contributed by atoms with E-state index in [-0.39, 0.29) is 0 Å². The van der Waals surface area contributed by atoms with Gasteiger partial charge in [0.25, 0.3) is 0 Å². The maximum Gasteiger partial charge on any atom is 0.106 e. The predicted octanol–water partition coefficient (Wildman–Crippen LogP) is 3.08. The standard InChI is InChI=1S/C17H27NO/c1-11-9-12(2)14(4)16(13(11)3)17(19,10-18(5)6)15-7-8-15/h9,15,19H,7-8,10H2,1-6H3. The molecule has 1 atom stereocenters. The normalized spacial score (nSPS) is 18.7. The molecule has 1 fully saturated rings. The zero-order valence-corrected chi connectivity index (χ0v) is 13.2. The lowest BCUT2D eigenvalue weighted by molar-refractivity contribution is -0.0111. The molecular formula is C17H27NO. The summed E-state index contributed by atoms with van der Waals surface area (Å²) >= 11 is 0. The van der Waals surface area contributed by atoms with Gasteiger partial charge in [-0.1, -0.05) is 6.07 Å². The summed E-state index contributed by atoms with van der Waals surface area (Å²) in [6, 6.07) is 2.23. The van der Waals surface area contributed by atoms with Gasteiger partial charge in [0.2, 0.25) is 0 Å². The van der Waals surface area contributed by atoms with Crippen LogP contribution in [0.15, 0.2) is 6.07 Å². The summed E-state index contributed by atoms with van der Waals surface area (Å²) < 4.78 is 0. The van der Waals surface area contributed by atoms with Crippen LogP contribution in [0.25, 0.3) is 0 Å². The Labute approximate surface area is 117 Å². The molecule has 0 heterocycles. The molecule has 0 bridgehead atoms. The quantitative estimate of drug-likeness (QED) is 0.900. The van der Waals surface area contributed by atoms with Crippen LogP contribution in [0, 0.1) is 33.6 Å². The Bertz CT molecular complexity index is 462. The van der Waals surface area contributed by atoms with Crippen LogP contribution in [0.4, 0.5) is 0 Å². The number of benzene rings is 1. The van der Waals surface area contributed by atoms with Gasteiger partial charge in [0, 0.05) is 6.54 Å². The Kier molecular flexibility index (Phi) is 3.76. The lowest BCUT2D eigenvalue weighted by atomic mass is 9.79. The number of hydrogen-bond donors (Lipinski definition) is 1. The lowest BCUT2D eigenvalue weighted by Crippen LogP contribution is -2.41. The number of hydrogen-bond acceptors (Lipinski definition) is 2. The van der Waals surface area contributed by atoms with E-state index in [4.69, 9.17) is 0 Å². The van der Waals surface area contributed by atoms with Crippen molar-refractivity contribution in [2.75, 3.05) is 20.6 Å². The summed E-state index contributed by atoms with van der Waals surface area (Å²) in [6.45, 7) is 9.31. The van der Waals surface area contributed by atoms with Crippen LogP contribution in [-0.4, -0.2) is 30.6 Å². The van der Waals surface area contributed by atoms with Crippen LogP contribution in [0.2, 0.25) is 0 Å². The Morgan fingerprint density at radius 3 is 1.95 bits per heavy atom. The minimum Gasteiger partial charge on any atom is -0.384 e. The van der Waals surface area contributed by atoms with E-state index in [9.17, 15) is 5.11 Å². The molecule has 2 nitrogen and oxygen atoms in total. The van der Waals surface area contributed by atoms with Crippen LogP contribution in [0.3, 0.4) is 0 Å². The van der Waals surface area contributed by atoms with Crippen molar-refractivity contribution >= 4 is 0 Å². The summed E-state index contributed by atoms with van der Waals surface area (Å²) in [6.07, 6.45) is 2.30. The second-order valence-electron chi connectivity index (χ2n) is 6.57. The second kappa shape index (κ2) is 4.92. The van der Waals surface area contributed by atoms with E-state index in [1.54, 1.807) is 0 Å². The van der Waals surface area contributed by atoms with Crippen LogP contribution < -0.4 is 0 Å². The highest BCUT2D eigenvalue weighted by Crippen LogP contribution is 2.48. The third-order valence-electron chi connectivity index (χ3n) is 4.61. The second-order valence-corrected chi connectivity index (χ2v) is 6.57. The molecule has 2 rings (SSSR count). The maximum atomic E-state index is 11.4. The van der Waals surface area contributed by atoms with Gasteiger partial charge in [-0.05, 0) is 88.4 Å². The Balaban J connectivity index is 2.59. The van der Waals surface area contributed by atoms with Gasteiger partial charge < -0.3 is 10.0 Å². The Hall–Kier alpha value is -0.860. The molecule has 1 unspecified atom stereocenters. The number of aryl methyl sites for hydroxylation is 2. The molecule has 1 aliphatic rings. The molecule has 1 aromatic carbocycles. The van der Waals surface area contributed by atoms with Crippen LogP contribution >= 0.6 is 0 Å². The third kappa shape index (κ3) is 2.56. The molecule has 19 heavy (non-hydrogen) atoms. The molecule has 0 radical (unpaired) electrons. The maximum absolute atomic E-state index is 11.4. The molecule has 106 valence electrons. The van der Waals surface area contributed by atoms with Gasteiger partial charge in [-0.2, -0.15) is 0 Å². The predicted molar refractivity (Wildman–Crippen MR) is 80.6 cm³/mol. The zero-order valence-electron chi connectivity index (χ0n) is 13.2. The number of aliphatic hydroxyl groups is 1. The molecular weight excluding hydrogens is 234 g/mol. The van der Waals surface area contributed by atoms with E-state index in [1.165, 1.54) is 27.8 Å². The van der Waals surface area contributed by atoms with Gasteiger partial charge >= 0.3 is 0 Å². The summed E-state index contributed by atoms with van der Waals surface area (Å²) in [7, 11) is 4.08. The van der Waals surface area contributed by atoms with Gasteiger partial charge in [0.05, 0.1) is 0 Å². The number of rotatable bonds is 4. The molecule has 0 spiro atoms. The molecule has 0 aliphatic heterocycles. The van der Waals surface area contributed by atoms with Gasteiger partial charge in [-0.15, -0.1) is 0 Å². The fourth-order valence-corrected chi connectivity index (χ4v) is 3.32. The Morgan fingerprint density at radius 1 is 1.11 bits per heavy atom. The van der Waals surface area contributed by atoms with E-state index in [0.717, 1.165) is 12.8 Å². The minimum atomic E-state index is -0.686. The van der Waals surface area contributed by atoms with Gasteiger partial charge in [-0.3, -0.25) is 0 Å². The first-order valence-corrected chi connectivity index (χ1v) is 7.22. The topological polar surface area (TPSA) is 23.5 Å². The third-order valence-corrected chi connectivity index (χ3v) is 4.61. The fourth-order valence-electron chi connectivity index (χ4n) is 3.32. The molecule has 1 aromatic rings. The van der Waals surface area contributed by atoms with Crippen LogP contribution in [-0.2, 0) is 5.60 Å². The highest BCUT2D eigenvalue weighted by molar-refractivity contribution is 5.48. The summed E-state index contributed by atoms with van der Waals surface area (Å²) in [5.74, 6) is 0.425. The number of likely N-dealkylation sites (N-methyl/N-ethyl adjacent to an activating group) is 1. The Morgan fingerprint density at radius 2 is 1.58 bits per heavy atom. The van der Waals surface area contributed by atoms with Crippen molar-refractivity contribution in [1.82, 2.24) is 4.90 Å². The van der Waals surface area contributed by atoms with Crippen molar-refractivity contribution in [2.24, 2.45) is 5.92 Å². The molecule has 0 amide bonds. The van der Waals surface area contributed by atoms with E-state index in [0.29, 0.717) is 12.5 Å². The molecule has 1 N–H and O–H groups in total. The van der Waals surface area contributed by atoms with E-state index >= 15 is 0 Å². The van der Waals surface area contributed by atoms with Crippen molar-refractivity contribution in [1.29, 1.82) is 0 Å². The largest absolute Gasteiger partial charge is 0.384 e. The molecule has 1 aliphatic carbocycles. The lowest BCUT2D eigenvalue weighted by Gasteiger charge is -2.35. The average molecular weight is 261 g/mol. The summed E-state index contributed by atoms with van der Waals surface area (Å²) in [5.41, 5.74) is 5.60. The van der Waals surface area contributed by atoms with Crippen molar-refractivity contribution in [3.8, 4) is 0 Å². The van der Waals surface area contributed by atoms with Gasteiger partial charge in [0.15, 0.2) is 0 Å². The van der Waals surface area contributed by atoms with E-state index in [1.807, 2.05) is 14.1 Å². The van der Waals surface area contributed by atoms with Crippen molar-refractivity contribution in [2.45, 2.75) is 46.1 Å². The van der Waals surface area contributed by atoms with Crippen molar-refractivity contribution in [3.05, 3.63) is 33.9 Å². The van der Waals surface area contributed by atoms with E-state index < -0.39 is 5.60 Å². The average Bonchev–Trinajstić information content (AvgIpc) is 3.09. The summed E-state index contributed by atoms with van der Waals surface area (Å²) in [4.78, 5) is 2.11. The molecule has 1 saturated carbocycles. The van der Waals surface area contributed by atoms with Gasteiger partial charge in [0.1, 0.15) is 5.60 Å². The monoisotopic (exact) mass is 261 g/mol. The highest BCUT2D eigenvalue weighted by atomic mass is 16.3. The van der Waals surface area contributed by atoms with Crippen LogP contribution in [0.5, 0.6) is 0 Å². The first kappa shape index (κ1) is 14.5. The summed E-state index contributed by atoms with van der Waals surface area (Å²) in [5, 5.41) is 11.4. The first-order chi connectivity index (χ1) is 8.77. The molecule has 0 aromatic heterocycles. The fraction of sp³-hybridized carbons (Fsp3) is 0.647. The van der Waals surface area contributed by atoms with Crippen LogP contribution in [0.1, 0.15) is 40.7 Å². The van der Waals surface area contributed by atoms with E-state index in [2.05, 4.69) is 38.7 Å². The smallest absolute Gasteiger partial charge is 0.106 e. The molecule has 0 saturated heterocycles. The van der Waals surface area contributed by atoms with Crippen molar-refractivity contribution in [3.63, 3.8) is 0 Å². The van der Waals surface area contributed by atoms with Gasteiger partial charge in [-0.25, -0.2) is 0 Å². The highest BCUT2D eigenvalue weighted by Gasteiger charge is 2.47. The van der Waals surface area contributed by atoms with Crippen molar-refractivity contribution < 1.29 is 5.11 Å². The number of nitrogens with zero attached hydrogens (tertiary/aromatic N) is 1.